The summed E-state index contributed by atoms with van der Waals surface area (Å²) >= 11 is 1.54. The van der Waals surface area contributed by atoms with Crippen molar-refractivity contribution in [2.45, 2.75) is 40.2 Å². The molecule has 6 nitrogen and oxygen atoms in total. The van der Waals surface area contributed by atoms with Gasteiger partial charge in [-0.05, 0) is 58.0 Å². The van der Waals surface area contributed by atoms with Crippen LogP contribution in [0.15, 0.2) is 60.0 Å². The Morgan fingerprint density at radius 3 is 2.32 bits per heavy atom. The number of hydrogen-bond donors (Lipinski definition) is 2. The van der Waals surface area contributed by atoms with Crippen molar-refractivity contribution < 1.29 is 9.59 Å². The van der Waals surface area contributed by atoms with Gasteiger partial charge in [-0.1, -0.05) is 48.9 Å². The van der Waals surface area contributed by atoms with E-state index in [1.165, 1.54) is 5.56 Å². The fraction of sp³-hybridized carbons (Fsp3) is 0.370. The number of aromatic nitrogens is 1. The highest BCUT2D eigenvalue weighted by molar-refractivity contribution is 7.09. The van der Waals surface area contributed by atoms with Gasteiger partial charge in [0, 0.05) is 35.8 Å². The summed E-state index contributed by atoms with van der Waals surface area (Å²) in [4.78, 5) is 31.0. The van der Waals surface area contributed by atoms with Crippen molar-refractivity contribution in [3.05, 3.63) is 87.4 Å². The molecule has 7 heteroatoms. The number of rotatable bonds is 10. The van der Waals surface area contributed by atoms with E-state index >= 15 is 0 Å². The van der Waals surface area contributed by atoms with Crippen LogP contribution >= 0.6 is 11.3 Å². The van der Waals surface area contributed by atoms with Crippen LogP contribution in [0.3, 0.4) is 0 Å². The van der Waals surface area contributed by atoms with E-state index in [4.69, 9.17) is 0 Å². The van der Waals surface area contributed by atoms with Crippen LogP contribution < -0.4 is 10.6 Å². The van der Waals surface area contributed by atoms with Crippen LogP contribution in [-0.4, -0.2) is 48.4 Å². The molecule has 0 aliphatic rings. The van der Waals surface area contributed by atoms with Crippen LogP contribution in [0, 0.1) is 13.8 Å². The van der Waals surface area contributed by atoms with E-state index in [1.54, 1.807) is 47.5 Å². The summed E-state index contributed by atoms with van der Waals surface area (Å²) in [6.07, 6.45) is 1.98. The van der Waals surface area contributed by atoms with E-state index in [0.29, 0.717) is 24.2 Å². The van der Waals surface area contributed by atoms with Crippen LogP contribution in [0.2, 0.25) is 0 Å². The predicted molar refractivity (Wildman–Crippen MR) is 140 cm³/mol. The first-order valence-corrected chi connectivity index (χ1v) is 12.6. The third-order valence-electron chi connectivity index (χ3n) is 4.94. The quantitative estimate of drug-likeness (QED) is 0.407. The molecule has 3 aromatic rings. The summed E-state index contributed by atoms with van der Waals surface area (Å²) in [7, 11) is 1.75. The maximum absolute atomic E-state index is 12.7. The van der Waals surface area contributed by atoms with Gasteiger partial charge in [-0.25, -0.2) is 4.98 Å². The lowest BCUT2D eigenvalue weighted by atomic mass is 10.1. The number of carbonyl (C=O) groups is 2. The molecular weight excluding hydrogens is 444 g/mol. The SMILES string of the molecule is CCCNCCCNC(=O)c1cccc(C(=O)N(C)Cc2nc(C)cs2)c1.Cc1ccccc1. The molecule has 182 valence electrons. The molecule has 1 heterocycles. The zero-order valence-electron chi connectivity index (χ0n) is 20.6. The van der Waals surface area contributed by atoms with Crippen molar-refractivity contribution in [1.82, 2.24) is 20.5 Å². The number of carbonyl (C=O) groups excluding carboxylic acids is 2. The Morgan fingerprint density at radius 2 is 1.71 bits per heavy atom. The lowest BCUT2D eigenvalue weighted by molar-refractivity contribution is 0.0785. The second-order valence-corrected chi connectivity index (χ2v) is 9.08. The first-order chi connectivity index (χ1) is 16.4. The number of nitrogens with zero attached hydrogens (tertiary/aromatic N) is 2. The molecule has 0 fully saturated rings. The van der Waals surface area contributed by atoms with E-state index in [9.17, 15) is 9.59 Å². The van der Waals surface area contributed by atoms with Gasteiger partial charge in [0.25, 0.3) is 11.8 Å². The molecule has 0 aliphatic carbocycles. The molecule has 2 amide bonds. The molecule has 1 aromatic heterocycles. The third-order valence-corrected chi connectivity index (χ3v) is 5.89. The molecular formula is C27H36N4O2S. The van der Waals surface area contributed by atoms with Gasteiger partial charge in [0.2, 0.25) is 0 Å². The third kappa shape index (κ3) is 9.85. The summed E-state index contributed by atoms with van der Waals surface area (Å²) in [5.41, 5.74) is 3.28. The van der Waals surface area contributed by atoms with Crippen molar-refractivity contribution in [2.24, 2.45) is 0 Å². The molecule has 0 unspecified atom stereocenters. The van der Waals surface area contributed by atoms with Crippen LogP contribution in [0.25, 0.3) is 0 Å². The van der Waals surface area contributed by atoms with Gasteiger partial charge >= 0.3 is 0 Å². The fourth-order valence-corrected chi connectivity index (χ4v) is 3.94. The Balaban J connectivity index is 0.000000497. The normalized spacial score (nSPS) is 10.2. The predicted octanol–water partition coefficient (Wildman–Crippen LogP) is 4.84. The maximum atomic E-state index is 12.7. The number of nitrogens with one attached hydrogen (secondary N) is 2. The molecule has 0 bridgehead atoms. The van der Waals surface area contributed by atoms with Gasteiger partial charge in [-0.2, -0.15) is 0 Å². The maximum Gasteiger partial charge on any atom is 0.253 e. The lowest BCUT2D eigenvalue weighted by Crippen LogP contribution is -2.29. The second kappa shape index (κ2) is 15.0. The number of hydrogen-bond acceptors (Lipinski definition) is 5. The molecule has 2 N–H and O–H groups in total. The number of benzene rings is 2. The highest BCUT2D eigenvalue weighted by Gasteiger charge is 2.15. The Kier molecular flexibility index (Phi) is 12.0. The largest absolute Gasteiger partial charge is 0.352 e. The highest BCUT2D eigenvalue weighted by Crippen LogP contribution is 2.14. The summed E-state index contributed by atoms with van der Waals surface area (Å²) in [5.74, 6) is -0.278. The zero-order valence-corrected chi connectivity index (χ0v) is 21.5. The van der Waals surface area contributed by atoms with E-state index in [0.717, 1.165) is 36.6 Å². The zero-order chi connectivity index (χ0) is 24.8. The van der Waals surface area contributed by atoms with Crippen molar-refractivity contribution in [3.8, 4) is 0 Å². The van der Waals surface area contributed by atoms with Gasteiger partial charge in [0.15, 0.2) is 0 Å². The first kappa shape index (κ1) is 27.2. The summed E-state index contributed by atoms with van der Waals surface area (Å²) < 4.78 is 0. The molecule has 0 atom stereocenters. The molecule has 0 saturated carbocycles. The fourth-order valence-electron chi connectivity index (χ4n) is 3.12. The van der Waals surface area contributed by atoms with Gasteiger partial charge in [-0.15, -0.1) is 11.3 Å². The van der Waals surface area contributed by atoms with Crippen LogP contribution in [0.4, 0.5) is 0 Å². The number of amides is 2. The van der Waals surface area contributed by atoms with E-state index in [-0.39, 0.29) is 11.8 Å². The Labute approximate surface area is 207 Å². The van der Waals surface area contributed by atoms with Gasteiger partial charge in [0.1, 0.15) is 5.01 Å². The Bertz CT molecular complexity index is 1020. The van der Waals surface area contributed by atoms with Gasteiger partial charge in [-0.3, -0.25) is 9.59 Å². The van der Waals surface area contributed by atoms with Gasteiger partial charge < -0.3 is 15.5 Å². The lowest BCUT2D eigenvalue weighted by Gasteiger charge is -2.16. The molecule has 34 heavy (non-hydrogen) atoms. The van der Waals surface area contributed by atoms with Crippen LogP contribution in [0.1, 0.15) is 56.7 Å². The minimum absolute atomic E-state index is 0.124. The minimum Gasteiger partial charge on any atom is -0.352 e. The highest BCUT2D eigenvalue weighted by atomic mass is 32.1. The molecule has 3 rings (SSSR count). The van der Waals surface area contributed by atoms with Crippen LogP contribution in [0.5, 0.6) is 0 Å². The van der Waals surface area contributed by atoms with E-state index in [1.807, 2.05) is 30.5 Å². The monoisotopic (exact) mass is 480 g/mol. The summed E-state index contributed by atoms with van der Waals surface area (Å²) in [6, 6.07) is 17.1. The Hall–Kier alpha value is -3.03. The summed E-state index contributed by atoms with van der Waals surface area (Å²) in [6.45, 7) is 9.08. The second-order valence-electron chi connectivity index (χ2n) is 8.14. The molecule has 0 radical (unpaired) electrons. The van der Waals surface area contributed by atoms with E-state index < -0.39 is 0 Å². The average molecular weight is 481 g/mol. The minimum atomic E-state index is -0.154. The topological polar surface area (TPSA) is 74.3 Å². The molecule has 2 aromatic carbocycles. The molecule has 0 aliphatic heterocycles. The standard InChI is InChI=1S/C20H28N4O2S.C7H8/c1-4-9-21-10-6-11-22-19(25)16-7-5-8-17(12-16)20(26)24(3)13-18-23-15(2)14-27-18;1-7-5-3-2-4-6-7/h5,7-8,12,14,21H,4,6,9-11,13H2,1-3H3,(H,22,25);2-6H,1H3. The molecule has 0 spiro atoms. The average Bonchev–Trinajstić information content (AvgIpc) is 3.26. The number of thiazole rings is 1. The van der Waals surface area contributed by atoms with Crippen LogP contribution in [-0.2, 0) is 6.54 Å². The van der Waals surface area contributed by atoms with E-state index in [2.05, 4.69) is 41.6 Å². The summed E-state index contributed by atoms with van der Waals surface area (Å²) in [5, 5.41) is 9.07. The van der Waals surface area contributed by atoms with Gasteiger partial charge in [0.05, 0.1) is 6.54 Å². The smallest absolute Gasteiger partial charge is 0.253 e. The van der Waals surface area contributed by atoms with Crippen molar-refractivity contribution in [3.63, 3.8) is 0 Å². The molecule has 0 saturated heterocycles. The number of aryl methyl sites for hydroxylation is 2. The van der Waals surface area contributed by atoms with Crippen molar-refractivity contribution >= 4 is 23.2 Å². The van der Waals surface area contributed by atoms with Crippen molar-refractivity contribution in [1.29, 1.82) is 0 Å². The van der Waals surface area contributed by atoms with Crippen molar-refractivity contribution in [2.75, 3.05) is 26.7 Å². The Morgan fingerprint density at radius 1 is 0.971 bits per heavy atom. The first-order valence-electron chi connectivity index (χ1n) is 11.7.